The Hall–Kier alpha value is -0.380. The summed E-state index contributed by atoms with van der Waals surface area (Å²) < 4.78 is 2.44. The first-order valence-electron chi connectivity index (χ1n) is 4.10. The molecule has 2 N–H and O–H groups in total. The van der Waals surface area contributed by atoms with Gasteiger partial charge in [0, 0.05) is 20.6 Å². The smallest absolute Gasteiger partial charge is 0.0360 e. The quantitative estimate of drug-likeness (QED) is 0.831. The standard InChI is InChI=1S/C10H10BrNS/c1-6-9(5-12)8-3-2-7(11)4-10(8)13-6/h2-4H,5,12H2,1H3. The van der Waals surface area contributed by atoms with Crippen LogP contribution in [0, 0.1) is 6.92 Å². The molecule has 1 nitrogen and oxygen atoms in total. The summed E-state index contributed by atoms with van der Waals surface area (Å²) in [5.41, 5.74) is 6.98. The summed E-state index contributed by atoms with van der Waals surface area (Å²) in [6.45, 7) is 2.76. The number of aryl methyl sites for hydroxylation is 1. The van der Waals surface area contributed by atoms with Crippen molar-refractivity contribution >= 4 is 37.4 Å². The van der Waals surface area contributed by atoms with E-state index >= 15 is 0 Å². The Kier molecular flexibility index (Phi) is 2.41. The van der Waals surface area contributed by atoms with E-state index in [2.05, 4.69) is 41.1 Å². The van der Waals surface area contributed by atoms with Crippen LogP contribution >= 0.6 is 27.3 Å². The second-order valence-corrected chi connectivity index (χ2v) is 5.15. The summed E-state index contributed by atoms with van der Waals surface area (Å²) in [7, 11) is 0. The van der Waals surface area contributed by atoms with Crippen molar-refractivity contribution in [3.8, 4) is 0 Å². The van der Waals surface area contributed by atoms with Gasteiger partial charge in [0.15, 0.2) is 0 Å². The molecule has 0 bridgehead atoms. The van der Waals surface area contributed by atoms with Crippen molar-refractivity contribution < 1.29 is 0 Å². The molecule has 0 atom stereocenters. The summed E-state index contributed by atoms with van der Waals surface area (Å²) in [5.74, 6) is 0. The second-order valence-electron chi connectivity index (χ2n) is 2.98. The summed E-state index contributed by atoms with van der Waals surface area (Å²) in [6.07, 6.45) is 0. The van der Waals surface area contributed by atoms with Crippen LogP contribution in [0.2, 0.25) is 0 Å². The van der Waals surface area contributed by atoms with Crippen molar-refractivity contribution in [1.29, 1.82) is 0 Å². The van der Waals surface area contributed by atoms with Gasteiger partial charge in [-0.3, -0.25) is 0 Å². The van der Waals surface area contributed by atoms with Gasteiger partial charge in [0.25, 0.3) is 0 Å². The Morgan fingerprint density at radius 2 is 2.23 bits per heavy atom. The third kappa shape index (κ3) is 1.52. The van der Waals surface area contributed by atoms with Crippen molar-refractivity contribution in [1.82, 2.24) is 0 Å². The number of nitrogens with two attached hydrogens (primary N) is 1. The fourth-order valence-corrected chi connectivity index (χ4v) is 3.15. The molecular formula is C10H10BrNS. The minimum absolute atomic E-state index is 0.632. The van der Waals surface area contributed by atoms with E-state index in [1.807, 2.05) is 11.3 Å². The highest BCUT2D eigenvalue weighted by atomic mass is 79.9. The molecule has 2 aromatic rings. The zero-order chi connectivity index (χ0) is 9.42. The fraction of sp³-hybridized carbons (Fsp3) is 0.200. The van der Waals surface area contributed by atoms with Gasteiger partial charge in [-0.1, -0.05) is 22.0 Å². The molecule has 68 valence electrons. The Morgan fingerprint density at radius 1 is 1.46 bits per heavy atom. The molecule has 3 heteroatoms. The fourth-order valence-electron chi connectivity index (χ4n) is 1.50. The molecule has 0 aliphatic carbocycles. The minimum Gasteiger partial charge on any atom is -0.326 e. The first-order valence-corrected chi connectivity index (χ1v) is 5.71. The molecular weight excluding hydrogens is 246 g/mol. The Balaban J connectivity index is 2.79. The highest BCUT2D eigenvalue weighted by Crippen LogP contribution is 2.32. The molecule has 0 aliphatic heterocycles. The van der Waals surface area contributed by atoms with E-state index in [-0.39, 0.29) is 0 Å². The van der Waals surface area contributed by atoms with Crippen LogP contribution in [-0.4, -0.2) is 0 Å². The van der Waals surface area contributed by atoms with Crippen molar-refractivity contribution in [3.63, 3.8) is 0 Å². The van der Waals surface area contributed by atoms with E-state index in [0.717, 1.165) is 4.47 Å². The lowest BCUT2D eigenvalue weighted by atomic mass is 10.1. The maximum atomic E-state index is 5.69. The predicted octanol–water partition coefficient (Wildman–Crippen LogP) is 3.43. The van der Waals surface area contributed by atoms with Gasteiger partial charge in [-0.15, -0.1) is 11.3 Å². The third-order valence-electron chi connectivity index (χ3n) is 2.16. The number of fused-ring (bicyclic) bond motifs is 1. The molecule has 2 rings (SSSR count). The number of halogens is 1. The average molecular weight is 256 g/mol. The molecule has 0 spiro atoms. The molecule has 0 saturated heterocycles. The van der Waals surface area contributed by atoms with Crippen LogP contribution in [0.5, 0.6) is 0 Å². The lowest BCUT2D eigenvalue weighted by Gasteiger charge is -1.95. The van der Waals surface area contributed by atoms with Gasteiger partial charge >= 0.3 is 0 Å². The number of hydrogen-bond donors (Lipinski definition) is 1. The van der Waals surface area contributed by atoms with Gasteiger partial charge < -0.3 is 5.73 Å². The van der Waals surface area contributed by atoms with Crippen LogP contribution in [0.4, 0.5) is 0 Å². The Bertz CT molecular complexity index is 447. The topological polar surface area (TPSA) is 26.0 Å². The van der Waals surface area contributed by atoms with Crippen LogP contribution in [0.25, 0.3) is 10.1 Å². The van der Waals surface area contributed by atoms with Crippen molar-refractivity contribution in [3.05, 3.63) is 33.1 Å². The van der Waals surface area contributed by atoms with E-state index < -0.39 is 0 Å². The maximum absolute atomic E-state index is 5.69. The van der Waals surface area contributed by atoms with Gasteiger partial charge in [-0.25, -0.2) is 0 Å². The number of rotatable bonds is 1. The highest BCUT2D eigenvalue weighted by Gasteiger charge is 2.06. The van der Waals surface area contributed by atoms with Crippen molar-refractivity contribution in [2.24, 2.45) is 5.73 Å². The van der Waals surface area contributed by atoms with Crippen LogP contribution in [0.1, 0.15) is 10.4 Å². The number of hydrogen-bond acceptors (Lipinski definition) is 2. The first-order chi connectivity index (χ1) is 6.22. The minimum atomic E-state index is 0.632. The van der Waals surface area contributed by atoms with Gasteiger partial charge in [0.1, 0.15) is 0 Å². The molecule has 0 radical (unpaired) electrons. The van der Waals surface area contributed by atoms with Crippen LogP contribution in [-0.2, 0) is 6.54 Å². The highest BCUT2D eigenvalue weighted by molar-refractivity contribution is 9.10. The molecule has 1 aromatic heterocycles. The molecule has 0 aliphatic rings. The molecule has 0 fully saturated rings. The van der Waals surface area contributed by atoms with E-state index in [1.165, 1.54) is 20.5 Å². The van der Waals surface area contributed by atoms with Gasteiger partial charge in [0.2, 0.25) is 0 Å². The van der Waals surface area contributed by atoms with Crippen molar-refractivity contribution in [2.45, 2.75) is 13.5 Å². The summed E-state index contributed by atoms with van der Waals surface area (Å²) in [6, 6.07) is 6.34. The largest absolute Gasteiger partial charge is 0.326 e. The zero-order valence-electron chi connectivity index (χ0n) is 7.30. The molecule has 1 heterocycles. The van der Waals surface area contributed by atoms with Crippen LogP contribution in [0.3, 0.4) is 0 Å². The van der Waals surface area contributed by atoms with Gasteiger partial charge in [-0.2, -0.15) is 0 Å². The van der Waals surface area contributed by atoms with Crippen LogP contribution < -0.4 is 5.73 Å². The summed E-state index contributed by atoms with van der Waals surface area (Å²) in [5, 5.41) is 1.30. The monoisotopic (exact) mass is 255 g/mol. The molecule has 0 saturated carbocycles. The first kappa shape index (κ1) is 9.19. The number of benzene rings is 1. The predicted molar refractivity (Wildman–Crippen MR) is 62.2 cm³/mol. The van der Waals surface area contributed by atoms with Crippen LogP contribution in [0.15, 0.2) is 22.7 Å². The van der Waals surface area contributed by atoms with Gasteiger partial charge in [0.05, 0.1) is 0 Å². The molecule has 0 amide bonds. The lowest BCUT2D eigenvalue weighted by molar-refractivity contribution is 1.08. The maximum Gasteiger partial charge on any atom is 0.0360 e. The van der Waals surface area contributed by atoms with E-state index in [0.29, 0.717) is 6.54 Å². The lowest BCUT2D eigenvalue weighted by Crippen LogP contribution is -1.95. The summed E-state index contributed by atoms with van der Waals surface area (Å²) >= 11 is 5.27. The Morgan fingerprint density at radius 3 is 2.92 bits per heavy atom. The Labute approximate surface area is 89.7 Å². The van der Waals surface area contributed by atoms with E-state index in [4.69, 9.17) is 5.73 Å². The molecule has 0 unspecified atom stereocenters. The van der Waals surface area contributed by atoms with E-state index in [9.17, 15) is 0 Å². The van der Waals surface area contributed by atoms with Gasteiger partial charge in [-0.05, 0) is 30.0 Å². The normalized spacial score (nSPS) is 11.0. The SMILES string of the molecule is Cc1sc2cc(Br)ccc2c1CN. The van der Waals surface area contributed by atoms with E-state index in [1.54, 1.807) is 0 Å². The molecule has 1 aromatic carbocycles. The average Bonchev–Trinajstić information content (AvgIpc) is 2.39. The summed E-state index contributed by atoms with van der Waals surface area (Å²) in [4.78, 5) is 1.33. The number of thiophene rings is 1. The molecule has 13 heavy (non-hydrogen) atoms. The van der Waals surface area contributed by atoms with Crippen molar-refractivity contribution in [2.75, 3.05) is 0 Å². The second kappa shape index (κ2) is 3.40. The third-order valence-corrected chi connectivity index (χ3v) is 3.76. The zero-order valence-corrected chi connectivity index (χ0v) is 9.71.